The summed E-state index contributed by atoms with van der Waals surface area (Å²) in [7, 11) is 0. The molecule has 1 unspecified atom stereocenters. The highest BCUT2D eigenvalue weighted by Crippen LogP contribution is 2.30. The van der Waals surface area contributed by atoms with Crippen molar-refractivity contribution >= 4 is 45.3 Å². The minimum atomic E-state index is -0.777. The molecule has 1 N–H and O–H groups in total. The van der Waals surface area contributed by atoms with E-state index in [0.29, 0.717) is 10.1 Å². The van der Waals surface area contributed by atoms with Gasteiger partial charge in [0.05, 0.1) is 5.92 Å². The number of hydrogen-bond donors (Lipinski definition) is 1. The predicted octanol–water partition coefficient (Wildman–Crippen LogP) is 3.54. The molecular formula is C17H12F2N4O2S2. The van der Waals surface area contributed by atoms with Crippen molar-refractivity contribution in [2.45, 2.75) is 6.42 Å². The summed E-state index contributed by atoms with van der Waals surface area (Å²) in [6.45, 7) is 0.0454. The Labute approximate surface area is 160 Å². The maximum Gasteiger partial charge on any atom is 0.231 e. The number of anilines is 2. The molecule has 6 nitrogen and oxygen atoms in total. The van der Waals surface area contributed by atoms with E-state index >= 15 is 0 Å². The van der Waals surface area contributed by atoms with Crippen LogP contribution in [0, 0.1) is 17.6 Å². The first-order valence-electron chi connectivity index (χ1n) is 7.93. The van der Waals surface area contributed by atoms with E-state index in [1.165, 1.54) is 27.6 Å². The number of nitrogens with zero attached hydrogens (tertiary/aromatic N) is 3. The van der Waals surface area contributed by atoms with Crippen LogP contribution in [-0.2, 0) is 9.59 Å². The lowest BCUT2D eigenvalue weighted by molar-refractivity contribution is -0.122. The molecule has 1 aliphatic rings. The minimum Gasteiger partial charge on any atom is -0.311 e. The van der Waals surface area contributed by atoms with Gasteiger partial charge in [-0.1, -0.05) is 11.3 Å². The molecule has 1 fully saturated rings. The highest BCUT2D eigenvalue weighted by molar-refractivity contribution is 7.19. The Morgan fingerprint density at radius 2 is 2.00 bits per heavy atom. The van der Waals surface area contributed by atoms with E-state index < -0.39 is 17.6 Å². The van der Waals surface area contributed by atoms with Gasteiger partial charge in [0, 0.05) is 35.7 Å². The molecule has 0 radical (unpaired) electrons. The van der Waals surface area contributed by atoms with Crippen molar-refractivity contribution in [2.75, 3.05) is 16.8 Å². The van der Waals surface area contributed by atoms with Gasteiger partial charge in [0.2, 0.25) is 16.9 Å². The molecule has 0 spiro atoms. The molecule has 1 aromatic carbocycles. The zero-order valence-corrected chi connectivity index (χ0v) is 15.3. The standard InChI is InChI=1S/C17H12F2N4O2S2/c18-11-4-12(19)6-13(5-11)23-7-10(3-14(23)24)15(25)20-17-22-21-16(27-17)9-1-2-26-8-9/h1-2,4-6,8,10H,3,7H2,(H,20,22,25). The molecule has 138 valence electrons. The molecule has 1 saturated heterocycles. The lowest BCUT2D eigenvalue weighted by Gasteiger charge is -2.16. The monoisotopic (exact) mass is 406 g/mol. The largest absolute Gasteiger partial charge is 0.311 e. The number of thiophene rings is 1. The van der Waals surface area contributed by atoms with Crippen molar-refractivity contribution in [1.82, 2.24) is 10.2 Å². The summed E-state index contributed by atoms with van der Waals surface area (Å²) in [5, 5.41) is 15.5. The summed E-state index contributed by atoms with van der Waals surface area (Å²) < 4.78 is 26.8. The Morgan fingerprint density at radius 1 is 1.22 bits per heavy atom. The van der Waals surface area contributed by atoms with Crippen molar-refractivity contribution < 1.29 is 18.4 Å². The number of nitrogens with one attached hydrogen (secondary N) is 1. The summed E-state index contributed by atoms with van der Waals surface area (Å²) in [5.41, 5.74) is 1.02. The molecule has 1 aliphatic heterocycles. The van der Waals surface area contributed by atoms with E-state index in [2.05, 4.69) is 15.5 Å². The van der Waals surface area contributed by atoms with E-state index in [1.54, 1.807) is 0 Å². The minimum absolute atomic E-state index is 0.0415. The first kappa shape index (κ1) is 17.7. The number of rotatable bonds is 4. The van der Waals surface area contributed by atoms with Crippen molar-refractivity contribution in [3.05, 3.63) is 46.7 Å². The van der Waals surface area contributed by atoms with E-state index in [0.717, 1.165) is 23.8 Å². The van der Waals surface area contributed by atoms with Gasteiger partial charge in [0.15, 0.2) is 0 Å². The fourth-order valence-electron chi connectivity index (χ4n) is 2.81. The predicted molar refractivity (Wildman–Crippen MR) is 98.7 cm³/mol. The number of aromatic nitrogens is 2. The van der Waals surface area contributed by atoms with Crippen LogP contribution in [0.25, 0.3) is 10.6 Å². The molecular weight excluding hydrogens is 394 g/mol. The van der Waals surface area contributed by atoms with Crippen LogP contribution in [0.2, 0.25) is 0 Å². The molecule has 1 atom stereocenters. The third-order valence-electron chi connectivity index (χ3n) is 4.08. The molecule has 2 amide bonds. The molecule has 0 bridgehead atoms. The van der Waals surface area contributed by atoms with Crippen molar-refractivity contribution in [1.29, 1.82) is 0 Å². The third-order valence-corrected chi connectivity index (χ3v) is 5.65. The highest BCUT2D eigenvalue weighted by atomic mass is 32.1. The van der Waals surface area contributed by atoms with E-state index in [4.69, 9.17) is 0 Å². The fraction of sp³-hybridized carbons (Fsp3) is 0.176. The van der Waals surface area contributed by atoms with E-state index in [1.807, 2.05) is 16.8 Å². The zero-order chi connectivity index (χ0) is 19.0. The molecule has 3 heterocycles. The van der Waals surface area contributed by atoms with Crippen LogP contribution in [0.1, 0.15) is 6.42 Å². The first-order chi connectivity index (χ1) is 13.0. The fourth-order valence-corrected chi connectivity index (χ4v) is 4.27. The average molecular weight is 406 g/mol. The van der Waals surface area contributed by atoms with E-state index in [9.17, 15) is 18.4 Å². The Bertz CT molecular complexity index is 986. The smallest absolute Gasteiger partial charge is 0.231 e. The van der Waals surface area contributed by atoms with Crippen LogP contribution < -0.4 is 10.2 Å². The number of halogens is 2. The maximum atomic E-state index is 13.4. The van der Waals surface area contributed by atoms with Gasteiger partial charge >= 0.3 is 0 Å². The van der Waals surface area contributed by atoms with Gasteiger partial charge < -0.3 is 10.2 Å². The lowest BCUT2D eigenvalue weighted by atomic mass is 10.1. The summed E-state index contributed by atoms with van der Waals surface area (Å²) in [6, 6.07) is 4.77. The second-order valence-electron chi connectivity index (χ2n) is 5.95. The number of carbonyl (C=O) groups is 2. The molecule has 2 aromatic heterocycles. The molecule has 3 aromatic rings. The van der Waals surface area contributed by atoms with Crippen molar-refractivity contribution in [3.63, 3.8) is 0 Å². The molecule has 4 rings (SSSR count). The SMILES string of the molecule is O=C(Nc1nnc(-c2ccsc2)s1)C1CC(=O)N(c2cc(F)cc(F)c2)C1. The quantitative estimate of drug-likeness (QED) is 0.719. The normalized spacial score (nSPS) is 16.7. The van der Waals surface area contributed by atoms with Crippen LogP contribution in [0.4, 0.5) is 19.6 Å². The van der Waals surface area contributed by atoms with Crippen molar-refractivity contribution in [2.24, 2.45) is 5.92 Å². The summed E-state index contributed by atoms with van der Waals surface area (Å²) >= 11 is 2.77. The van der Waals surface area contributed by atoms with Crippen LogP contribution in [0.3, 0.4) is 0 Å². The van der Waals surface area contributed by atoms with Crippen LogP contribution in [0.5, 0.6) is 0 Å². The van der Waals surface area contributed by atoms with Crippen molar-refractivity contribution in [3.8, 4) is 10.6 Å². The van der Waals surface area contributed by atoms with E-state index in [-0.39, 0.29) is 30.5 Å². The lowest BCUT2D eigenvalue weighted by Crippen LogP contribution is -2.28. The van der Waals surface area contributed by atoms with Gasteiger partial charge in [-0.3, -0.25) is 9.59 Å². The van der Waals surface area contributed by atoms with Crippen LogP contribution in [0.15, 0.2) is 35.0 Å². The second kappa shape index (κ2) is 7.12. The van der Waals surface area contributed by atoms with Gasteiger partial charge in [-0.2, -0.15) is 11.3 Å². The number of hydrogen-bond acceptors (Lipinski definition) is 6. The van der Waals surface area contributed by atoms with Gasteiger partial charge in [0.25, 0.3) is 0 Å². The van der Waals surface area contributed by atoms with Gasteiger partial charge in [-0.25, -0.2) is 8.78 Å². The summed E-state index contributed by atoms with van der Waals surface area (Å²) in [6.07, 6.45) is -0.0415. The second-order valence-corrected chi connectivity index (χ2v) is 7.70. The molecule has 10 heteroatoms. The van der Waals surface area contributed by atoms with Gasteiger partial charge in [0.1, 0.15) is 16.6 Å². The Hall–Kier alpha value is -2.72. The topological polar surface area (TPSA) is 75.2 Å². The number of carbonyl (C=O) groups excluding carboxylic acids is 2. The van der Waals surface area contributed by atoms with Crippen LogP contribution >= 0.6 is 22.7 Å². The number of amides is 2. The third kappa shape index (κ3) is 3.71. The molecule has 0 aliphatic carbocycles. The van der Waals surface area contributed by atoms with Gasteiger partial charge in [-0.15, -0.1) is 10.2 Å². The molecule has 0 saturated carbocycles. The Kier molecular flexibility index (Phi) is 4.66. The highest BCUT2D eigenvalue weighted by Gasteiger charge is 2.35. The van der Waals surface area contributed by atoms with Crippen LogP contribution in [-0.4, -0.2) is 28.6 Å². The zero-order valence-electron chi connectivity index (χ0n) is 13.7. The Balaban J connectivity index is 1.45. The Morgan fingerprint density at radius 3 is 2.70 bits per heavy atom. The number of benzene rings is 1. The summed E-state index contributed by atoms with van der Waals surface area (Å²) in [4.78, 5) is 25.9. The first-order valence-corrected chi connectivity index (χ1v) is 9.69. The summed E-state index contributed by atoms with van der Waals surface area (Å²) in [5.74, 6) is -2.94. The molecule has 27 heavy (non-hydrogen) atoms. The maximum absolute atomic E-state index is 13.4. The average Bonchev–Trinajstić information content (AvgIpc) is 3.33. The van der Waals surface area contributed by atoms with Gasteiger partial charge in [-0.05, 0) is 23.6 Å².